The molecule has 2 atom stereocenters. The maximum Gasteiger partial charge on any atom is 0.255 e. The molecule has 96 valence electrons. The number of rotatable bonds is 4. The summed E-state index contributed by atoms with van der Waals surface area (Å²) in [5.41, 5.74) is -1.74. The summed E-state index contributed by atoms with van der Waals surface area (Å²) in [5.74, 6) is -1.89. The van der Waals surface area contributed by atoms with Crippen molar-refractivity contribution in [3.8, 4) is 0 Å². The zero-order chi connectivity index (χ0) is 13.2. The van der Waals surface area contributed by atoms with Gasteiger partial charge in [0.2, 0.25) is 10.5 Å². The molecule has 17 heavy (non-hydrogen) atoms. The third-order valence-corrected chi connectivity index (χ3v) is 4.04. The van der Waals surface area contributed by atoms with E-state index in [0.29, 0.717) is 19.3 Å². The average Bonchev–Trinajstić information content (AvgIpc) is 2.26. The van der Waals surface area contributed by atoms with Crippen LogP contribution >= 0.6 is 34.8 Å². The van der Waals surface area contributed by atoms with Crippen molar-refractivity contribution in [2.75, 3.05) is 7.11 Å². The van der Waals surface area contributed by atoms with Crippen LogP contribution in [0.2, 0.25) is 0 Å². The van der Waals surface area contributed by atoms with Gasteiger partial charge >= 0.3 is 0 Å². The van der Waals surface area contributed by atoms with Gasteiger partial charge in [-0.05, 0) is 47.6 Å². The van der Waals surface area contributed by atoms with Crippen LogP contribution in [-0.4, -0.2) is 28.4 Å². The van der Waals surface area contributed by atoms with Crippen LogP contribution < -0.4 is 0 Å². The van der Waals surface area contributed by atoms with Crippen molar-refractivity contribution in [2.45, 2.75) is 24.9 Å². The van der Waals surface area contributed by atoms with Crippen LogP contribution in [-0.2, 0) is 19.1 Å². The fourth-order valence-electron chi connectivity index (χ4n) is 2.40. The zero-order valence-electron chi connectivity index (χ0n) is 9.04. The summed E-state index contributed by atoms with van der Waals surface area (Å²) < 4.78 is 5.10. The highest BCUT2D eigenvalue weighted by Crippen LogP contribution is 2.44. The van der Waals surface area contributed by atoms with E-state index in [1.165, 1.54) is 7.11 Å². The molecule has 0 amide bonds. The Labute approximate surface area is 114 Å². The van der Waals surface area contributed by atoms with Gasteiger partial charge in [0, 0.05) is 7.11 Å². The predicted octanol–water partition coefficient (Wildman–Crippen LogP) is 2.08. The summed E-state index contributed by atoms with van der Waals surface area (Å²) in [7, 11) is 1.21. The first-order chi connectivity index (χ1) is 7.87. The molecule has 0 radical (unpaired) electrons. The molecule has 0 aromatic carbocycles. The molecule has 7 heteroatoms. The summed E-state index contributed by atoms with van der Waals surface area (Å²) in [6.45, 7) is 0. The Bertz CT molecular complexity index is 333. The molecule has 1 aliphatic carbocycles. The SMILES string of the molecule is COC1(C(=O)Cl)C(C(=O)Cl)CCCC1C(=O)Cl. The van der Waals surface area contributed by atoms with E-state index in [9.17, 15) is 14.4 Å². The number of ether oxygens (including phenoxy) is 1. The van der Waals surface area contributed by atoms with E-state index in [4.69, 9.17) is 39.5 Å². The number of carbonyl (C=O) groups excluding carboxylic acids is 3. The number of carbonyl (C=O) groups is 3. The van der Waals surface area contributed by atoms with E-state index in [1.807, 2.05) is 0 Å². The second-order valence-electron chi connectivity index (χ2n) is 3.92. The Hall–Kier alpha value is -0.160. The molecule has 0 spiro atoms. The minimum absolute atomic E-state index is 0.343. The van der Waals surface area contributed by atoms with Gasteiger partial charge in [-0.15, -0.1) is 0 Å². The van der Waals surface area contributed by atoms with Crippen LogP contribution in [0.3, 0.4) is 0 Å². The van der Waals surface area contributed by atoms with Crippen LogP contribution in [0.15, 0.2) is 0 Å². The number of hydrogen-bond donors (Lipinski definition) is 0. The number of methoxy groups -OCH3 is 1. The van der Waals surface area contributed by atoms with Gasteiger partial charge in [0.25, 0.3) is 5.24 Å². The van der Waals surface area contributed by atoms with Gasteiger partial charge in [-0.3, -0.25) is 14.4 Å². The summed E-state index contributed by atoms with van der Waals surface area (Å²) in [5, 5.41) is -2.41. The molecule has 2 unspecified atom stereocenters. The van der Waals surface area contributed by atoms with E-state index in [2.05, 4.69) is 0 Å². The summed E-state index contributed by atoms with van der Waals surface area (Å²) >= 11 is 16.4. The maximum atomic E-state index is 11.6. The largest absolute Gasteiger partial charge is 0.367 e. The molecule has 1 aliphatic rings. The molecule has 0 aliphatic heterocycles. The standard InChI is InChI=1S/C10H11Cl3O4/c1-17-10(9(13)16)5(7(11)14)3-2-4-6(10)8(12)15/h5-6H,2-4H2,1H3. The lowest BCUT2D eigenvalue weighted by Gasteiger charge is -2.42. The lowest BCUT2D eigenvalue weighted by molar-refractivity contribution is -0.164. The van der Waals surface area contributed by atoms with Crippen molar-refractivity contribution in [1.29, 1.82) is 0 Å². The van der Waals surface area contributed by atoms with Crippen LogP contribution in [0.5, 0.6) is 0 Å². The molecular weight excluding hydrogens is 290 g/mol. The molecule has 0 aromatic heterocycles. The topological polar surface area (TPSA) is 60.4 Å². The number of halogens is 3. The highest BCUT2D eigenvalue weighted by molar-refractivity contribution is 6.69. The molecule has 0 heterocycles. The first-order valence-corrected chi connectivity index (χ1v) is 6.15. The van der Waals surface area contributed by atoms with E-state index in [-0.39, 0.29) is 0 Å². The van der Waals surface area contributed by atoms with Gasteiger partial charge in [0.1, 0.15) is 0 Å². The third kappa shape index (κ3) is 2.50. The second kappa shape index (κ2) is 5.65. The van der Waals surface area contributed by atoms with Gasteiger partial charge in [-0.2, -0.15) is 0 Å². The average molecular weight is 302 g/mol. The van der Waals surface area contributed by atoms with E-state index >= 15 is 0 Å². The molecule has 1 fully saturated rings. The van der Waals surface area contributed by atoms with E-state index in [1.54, 1.807) is 0 Å². The quantitative estimate of drug-likeness (QED) is 0.746. The monoisotopic (exact) mass is 300 g/mol. The molecule has 4 nitrogen and oxygen atoms in total. The second-order valence-corrected chi connectivity index (χ2v) is 5.00. The van der Waals surface area contributed by atoms with Crippen molar-refractivity contribution in [3.05, 3.63) is 0 Å². The van der Waals surface area contributed by atoms with Gasteiger partial charge in [-0.1, -0.05) is 6.42 Å². The summed E-state index contributed by atoms with van der Waals surface area (Å²) in [6, 6.07) is 0. The third-order valence-electron chi connectivity index (χ3n) is 3.21. The van der Waals surface area contributed by atoms with Crippen LogP contribution in [0.1, 0.15) is 19.3 Å². The molecule has 0 aromatic rings. The lowest BCUT2D eigenvalue weighted by atomic mass is 9.69. The normalized spacial score (nSPS) is 33.2. The predicted molar refractivity (Wildman–Crippen MR) is 63.2 cm³/mol. The maximum absolute atomic E-state index is 11.6. The molecule has 1 rings (SSSR count). The van der Waals surface area contributed by atoms with Crippen LogP contribution in [0, 0.1) is 11.8 Å². The number of hydrogen-bond acceptors (Lipinski definition) is 4. The van der Waals surface area contributed by atoms with Gasteiger partial charge in [0.05, 0.1) is 11.8 Å². The smallest absolute Gasteiger partial charge is 0.255 e. The van der Waals surface area contributed by atoms with Crippen molar-refractivity contribution in [2.24, 2.45) is 11.8 Å². The van der Waals surface area contributed by atoms with E-state index in [0.717, 1.165) is 0 Å². The summed E-state index contributed by atoms with van der Waals surface area (Å²) in [4.78, 5) is 34.3. The fourth-order valence-corrected chi connectivity index (χ4v) is 3.28. The van der Waals surface area contributed by atoms with Crippen LogP contribution in [0.25, 0.3) is 0 Å². The minimum Gasteiger partial charge on any atom is -0.367 e. The Morgan fingerprint density at radius 3 is 1.71 bits per heavy atom. The lowest BCUT2D eigenvalue weighted by Crippen LogP contribution is -2.57. The van der Waals surface area contributed by atoms with Crippen molar-refractivity contribution in [3.63, 3.8) is 0 Å². The zero-order valence-corrected chi connectivity index (χ0v) is 11.3. The highest BCUT2D eigenvalue weighted by atomic mass is 35.5. The Balaban J connectivity index is 3.28. The minimum atomic E-state index is -1.74. The first-order valence-electron chi connectivity index (χ1n) is 5.01. The van der Waals surface area contributed by atoms with Crippen LogP contribution in [0.4, 0.5) is 0 Å². The van der Waals surface area contributed by atoms with Gasteiger partial charge in [0.15, 0.2) is 5.60 Å². The highest BCUT2D eigenvalue weighted by Gasteiger charge is 2.57. The molecule has 0 bridgehead atoms. The van der Waals surface area contributed by atoms with E-state index < -0.39 is 33.2 Å². The summed E-state index contributed by atoms with van der Waals surface area (Å²) in [6.07, 6.45) is 1.24. The molecule has 0 saturated heterocycles. The molecule has 0 N–H and O–H groups in total. The Morgan fingerprint density at radius 2 is 1.47 bits per heavy atom. The first kappa shape index (κ1) is 14.9. The van der Waals surface area contributed by atoms with Gasteiger partial charge < -0.3 is 4.74 Å². The Kier molecular flexibility index (Phi) is 4.95. The van der Waals surface area contributed by atoms with Crippen molar-refractivity contribution < 1.29 is 19.1 Å². The molecule has 1 saturated carbocycles. The fraction of sp³-hybridized carbons (Fsp3) is 0.700. The van der Waals surface area contributed by atoms with Crippen molar-refractivity contribution >= 4 is 50.5 Å². The van der Waals surface area contributed by atoms with Crippen molar-refractivity contribution in [1.82, 2.24) is 0 Å². The van der Waals surface area contributed by atoms with Gasteiger partial charge in [-0.25, -0.2) is 0 Å². The Morgan fingerprint density at radius 1 is 1.06 bits per heavy atom. The molecular formula is C10H11Cl3O4.